The second-order valence-corrected chi connectivity index (χ2v) is 8.48. The lowest BCUT2D eigenvalue weighted by molar-refractivity contribution is -0.138. The van der Waals surface area contributed by atoms with Crippen LogP contribution in [0.15, 0.2) is 48.2 Å². The molecule has 0 bridgehead atoms. The summed E-state index contributed by atoms with van der Waals surface area (Å²) in [6.45, 7) is 3.86. The molecule has 7 nitrogen and oxygen atoms in total. The first-order valence-corrected chi connectivity index (χ1v) is 11.2. The van der Waals surface area contributed by atoms with Crippen molar-refractivity contribution in [3.8, 4) is 17.2 Å². The van der Waals surface area contributed by atoms with E-state index in [1.165, 1.54) is 4.90 Å². The minimum Gasteiger partial charge on any atom is -0.496 e. The maximum atomic E-state index is 13.7. The molecule has 1 saturated heterocycles. The number of imide groups is 1. The zero-order valence-corrected chi connectivity index (χ0v) is 19.6. The number of likely N-dealkylation sites (tertiary alicyclic amines) is 1. The Morgan fingerprint density at radius 3 is 2.18 bits per heavy atom. The highest BCUT2D eigenvalue weighted by Gasteiger charge is 2.43. The van der Waals surface area contributed by atoms with Gasteiger partial charge in [0.05, 0.1) is 33.4 Å². The van der Waals surface area contributed by atoms with Crippen molar-refractivity contribution in [1.82, 2.24) is 9.80 Å². The second-order valence-electron chi connectivity index (χ2n) is 8.48. The summed E-state index contributed by atoms with van der Waals surface area (Å²) in [7, 11) is 4.70. The Kier molecular flexibility index (Phi) is 6.58. The third kappa shape index (κ3) is 4.27. The number of carbonyl (C=O) groups is 2. The predicted molar refractivity (Wildman–Crippen MR) is 125 cm³/mol. The van der Waals surface area contributed by atoms with Crippen molar-refractivity contribution < 1.29 is 23.8 Å². The highest BCUT2D eigenvalue weighted by molar-refractivity contribution is 6.35. The number of rotatable bonds is 7. The average molecular weight is 451 g/mol. The van der Waals surface area contributed by atoms with Crippen LogP contribution in [0.4, 0.5) is 0 Å². The molecule has 0 radical (unpaired) electrons. The molecule has 2 heterocycles. The van der Waals surface area contributed by atoms with Gasteiger partial charge in [0, 0.05) is 18.7 Å². The Morgan fingerprint density at radius 2 is 1.52 bits per heavy atom. The fourth-order valence-corrected chi connectivity index (χ4v) is 4.49. The number of carbonyl (C=O) groups excluding carboxylic acids is 2. The van der Waals surface area contributed by atoms with Gasteiger partial charge in [0.1, 0.15) is 11.4 Å². The van der Waals surface area contributed by atoms with Gasteiger partial charge in [0.15, 0.2) is 11.5 Å². The molecular formula is C26H30N2O5. The topological polar surface area (TPSA) is 68.3 Å². The molecule has 174 valence electrons. The van der Waals surface area contributed by atoms with Crippen LogP contribution in [-0.2, 0) is 16.1 Å². The maximum absolute atomic E-state index is 13.7. The van der Waals surface area contributed by atoms with Gasteiger partial charge in [-0.05, 0) is 42.5 Å². The molecule has 2 aromatic carbocycles. The first kappa shape index (κ1) is 22.7. The summed E-state index contributed by atoms with van der Waals surface area (Å²) in [5.41, 5.74) is 2.30. The number of amides is 2. The summed E-state index contributed by atoms with van der Waals surface area (Å²) in [5.74, 6) is 1.74. The zero-order valence-electron chi connectivity index (χ0n) is 19.6. The standard InChI is InChI=1S/C26H30N2O5/c1-17-11-13-27(14-12-17)24-23(19-7-5-6-8-20(19)31-2)25(29)28(26(24)30)16-18-9-10-21(32-3)22(15-18)33-4/h5-10,15,17H,11-14,16H2,1-4H3. The minimum absolute atomic E-state index is 0.143. The van der Waals surface area contributed by atoms with Crippen LogP contribution in [0.2, 0.25) is 0 Å². The molecular weight excluding hydrogens is 420 g/mol. The average Bonchev–Trinajstić information content (AvgIpc) is 3.09. The van der Waals surface area contributed by atoms with E-state index in [0.29, 0.717) is 40.0 Å². The van der Waals surface area contributed by atoms with Gasteiger partial charge in [-0.1, -0.05) is 31.2 Å². The van der Waals surface area contributed by atoms with Crippen molar-refractivity contribution in [3.05, 3.63) is 59.3 Å². The van der Waals surface area contributed by atoms with Crippen molar-refractivity contribution >= 4 is 17.4 Å². The molecule has 2 aliphatic heterocycles. The second kappa shape index (κ2) is 9.57. The molecule has 0 unspecified atom stereocenters. The molecule has 0 saturated carbocycles. The van der Waals surface area contributed by atoms with E-state index in [4.69, 9.17) is 14.2 Å². The molecule has 33 heavy (non-hydrogen) atoms. The van der Waals surface area contributed by atoms with E-state index in [9.17, 15) is 9.59 Å². The van der Waals surface area contributed by atoms with Gasteiger partial charge in [-0.25, -0.2) is 0 Å². The van der Waals surface area contributed by atoms with Crippen molar-refractivity contribution in [1.29, 1.82) is 0 Å². The number of piperidine rings is 1. The SMILES string of the molecule is COc1ccc(CN2C(=O)C(c3ccccc3OC)=C(N3CCC(C)CC3)C2=O)cc1OC. The smallest absolute Gasteiger partial charge is 0.278 e. The van der Waals surface area contributed by atoms with Gasteiger partial charge in [0.2, 0.25) is 0 Å². The van der Waals surface area contributed by atoms with Crippen molar-refractivity contribution in [2.24, 2.45) is 5.92 Å². The van der Waals surface area contributed by atoms with E-state index in [1.807, 2.05) is 30.3 Å². The van der Waals surface area contributed by atoms with Crippen LogP contribution >= 0.6 is 0 Å². The van der Waals surface area contributed by atoms with Crippen LogP contribution in [0.5, 0.6) is 17.2 Å². The molecule has 4 rings (SSSR count). The lowest BCUT2D eigenvalue weighted by Crippen LogP contribution is -2.38. The Morgan fingerprint density at radius 1 is 0.848 bits per heavy atom. The fraction of sp³-hybridized carbons (Fsp3) is 0.385. The van der Waals surface area contributed by atoms with Crippen LogP contribution in [-0.4, -0.2) is 56.0 Å². The van der Waals surface area contributed by atoms with Crippen LogP contribution in [0.1, 0.15) is 30.9 Å². The highest BCUT2D eigenvalue weighted by atomic mass is 16.5. The number of ether oxygens (including phenoxy) is 3. The molecule has 2 aromatic rings. The first-order valence-electron chi connectivity index (χ1n) is 11.2. The van der Waals surface area contributed by atoms with Gasteiger partial charge < -0.3 is 19.1 Å². The summed E-state index contributed by atoms with van der Waals surface area (Å²) < 4.78 is 16.2. The first-order chi connectivity index (χ1) is 16.0. The third-order valence-electron chi connectivity index (χ3n) is 6.41. The van der Waals surface area contributed by atoms with Crippen molar-refractivity contribution in [3.63, 3.8) is 0 Å². The molecule has 0 N–H and O–H groups in total. The molecule has 0 aliphatic carbocycles. The Hall–Kier alpha value is -3.48. The van der Waals surface area contributed by atoms with Gasteiger partial charge in [0.25, 0.3) is 11.8 Å². The lowest BCUT2D eigenvalue weighted by Gasteiger charge is -2.32. The van der Waals surface area contributed by atoms with Crippen LogP contribution in [0.3, 0.4) is 0 Å². The van der Waals surface area contributed by atoms with E-state index < -0.39 is 0 Å². The zero-order chi connectivity index (χ0) is 23.5. The Bertz CT molecular complexity index is 1090. The van der Waals surface area contributed by atoms with E-state index in [1.54, 1.807) is 33.5 Å². The van der Waals surface area contributed by atoms with E-state index in [0.717, 1.165) is 31.5 Å². The van der Waals surface area contributed by atoms with Gasteiger partial charge in [-0.2, -0.15) is 0 Å². The fourth-order valence-electron chi connectivity index (χ4n) is 4.49. The largest absolute Gasteiger partial charge is 0.496 e. The van der Waals surface area contributed by atoms with E-state index >= 15 is 0 Å². The van der Waals surface area contributed by atoms with Crippen molar-refractivity contribution in [2.75, 3.05) is 34.4 Å². The molecule has 1 fully saturated rings. The lowest BCUT2D eigenvalue weighted by atomic mass is 9.97. The number of para-hydroxylation sites is 1. The van der Waals surface area contributed by atoms with Gasteiger partial charge >= 0.3 is 0 Å². The normalized spacial score (nSPS) is 17.1. The monoisotopic (exact) mass is 450 g/mol. The van der Waals surface area contributed by atoms with Gasteiger partial charge in [-0.15, -0.1) is 0 Å². The minimum atomic E-state index is -0.312. The molecule has 7 heteroatoms. The van der Waals surface area contributed by atoms with Gasteiger partial charge in [-0.3, -0.25) is 14.5 Å². The number of hydrogen-bond acceptors (Lipinski definition) is 6. The number of benzene rings is 2. The summed E-state index contributed by atoms with van der Waals surface area (Å²) in [6, 6.07) is 12.8. The molecule has 0 spiro atoms. The molecule has 0 aromatic heterocycles. The summed E-state index contributed by atoms with van der Waals surface area (Å²) >= 11 is 0. The predicted octanol–water partition coefficient (Wildman–Crippen LogP) is 3.72. The summed E-state index contributed by atoms with van der Waals surface area (Å²) in [4.78, 5) is 30.7. The molecule has 2 amide bonds. The van der Waals surface area contributed by atoms with Crippen LogP contribution in [0, 0.1) is 5.92 Å². The highest BCUT2D eigenvalue weighted by Crippen LogP contribution is 2.38. The Balaban J connectivity index is 1.73. The van der Waals surface area contributed by atoms with Crippen LogP contribution < -0.4 is 14.2 Å². The number of nitrogens with zero attached hydrogens (tertiary/aromatic N) is 2. The number of methoxy groups -OCH3 is 3. The Labute approximate surface area is 194 Å². The van der Waals surface area contributed by atoms with E-state index in [-0.39, 0.29) is 18.4 Å². The van der Waals surface area contributed by atoms with Crippen molar-refractivity contribution in [2.45, 2.75) is 26.3 Å². The quantitative estimate of drug-likeness (QED) is 0.599. The third-order valence-corrected chi connectivity index (χ3v) is 6.41. The van der Waals surface area contributed by atoms with E-state index in [2.05, 4.69) is 11.8 Å². The molecule has 2 aliphatic rings. The van der Waals surface area contributed by atoms with Crippen LogP contribution in [0.25, 0.3) is 5.57 Å². The number of hydrogen-bond donors (Lipinski definition) is 0. The maximum Gasteiger partial charge on any atom is 0.278 e. The molecule has 0 atom stereocenters. The summed E-state index contributed by atoms with van der Waals surface area (Å²) in [6.07, 6.45) is 1.97. The summed E-state index contributed by atoms with van der Waals surface area (Å²) in [5, 5.41) is 0.